The van der Waals surface area contributed by atoms with Crippen LogP contribution in [0, 0.1) is 0 Å². The zero-order valence-electron chi connectivity index (χ0n) is 9.08. The van der Waals surface area contributed by atoms with Crippen LogP contribution in [0.2, 0.25) is 10.2 Å². The molecule has 0 unspecified atom stereocenters. The van der Waals surface area contributed by atoms with Crippen molar-refractivity contribution in [3.8, 4) is 0 Å². The standard InChI is InChI=1S/C11H12Cl2N2OS/c1-2-4-17-5-3-14-11(16)8-6-10(13)15-7-9(8)12/h2,6-7H,1,3-5H2,(H,14,16). The minimum Gasteiger partial charge on any atom is -0.351 e. The minimum absolute atomic E-state index is 0.237. The molecule has 1 rings (SSSR count). The Bertz CT molecular complexity index is 412. The van der Waals surface area contributed by atoms with Crippen LogP contribution in [0.5, 0.6) is 0 Å². The van der Waals surface area contributed by atoms with Gasteiger partial charge in [-0.25, -0.2) is 4.98 Å². The lowest BCUT2D eigenvalue weighted by Crippen LogP contribution is -2.26. The van der Waals surface area contributed by atoms with E-state index in [9.17, 15) is 4.79 Å². The highest BCUT2D eigenvalue weighted by Crippen LogP contribution is 2.17. The van der Waals surface area contributed by atoms with Gasteiger partial charge in [0.1, 0.15) is 5.15 Å². The first-order valence-corrected chi connectivity index (χ1v) is 6.84. The van der Waals surface area contributed by atoms with Crippen molar-refractivity contribution in [3.63, 3.8) is 0 Å². The maximum absolute atomic E-state index is 11.7. The number of hydrogen-bond acceptors (Lipinski definition) is 3. The molecular formula is C11H12Cl2N2OS. The fourth-order valence-electron chi connectivity index (χ4n) is 1.09. The van der Waals surface area contributed by atoms with Crippen molar-refractivity contribution < 1.29 is 4.79 Å². The van der Waals surface area contributed by atoms with E-state index in [2.05, 4.69) is 16.9 Å². The van der Waals surface area contributed by atoms with E-state index in [4.69, 9.17) is 23.2 Å². The molecule has 0 radical (unpaired) electrons. The number of thioether (sulfide) groups is 1. The molecule has 0 bridgehead atoms. The molecule has 0 saturated carbocycles. The van der Waals surface area contributed by atoms with Crippen molar-refractivity contribution in [1.29, 1.82) is 0 Å². The summed E-state index contributed by atoms with van der Waals surface area (Å²) in [6.45, 7) is 4.19. The average Bonchev–Trinajstić information content (AvgIpc) is 2.32. The molecule has 1 aromatic heterocycles. The summed E-state index contributed by atoms with van der Waals surface area (Å²) < 4.78 is 0. The second-order valence-corrected chi connectivity index (χ2v) is 5.05. The van der Waals surface area contributed by atoms with Crippen molar-refractivity contribution in [2.75, 3.05) is 18.1 Å². The number of carbonyl (C=O) groups excluding carboxylic acids is 1. The molecule has 0 aliphatic heterocycles. The summed E-state index contributed by atoms with van der Waals surface area (Å²) in [5, 5.41) is 3.31. The summed E-state index contributed by atoms with van der Waals surface area (Å²) in [5.74, 6) is 1.46. The molecule has 0 spiro atoms. The third-order valence-electron chi connectivity index (χ3n) is 1.83. The number of pyridine rings is 1. The lowest BCUT2D eigenvalue weighted by molar-refractivity contribution is 0.0956. The van der Waals surface area contributed by atoms with Crippen LogP contribution in [-0.2, 0) is 0 Å². The number of hydrogen-bond donors (Lipinski definition) is 1. The maximum atomic E-state index is 11.7. The molecule has 3 nitrogen and oxygen atoms in total. The van der Waals surface area contributed by atoms with Crippen molar-refractivity contribution in [2.24, 2.45) is 0 Å². The highest BCUT2D eigenvalue weighted by molar-refractivity contribution is 7.99. The van der Waals surface area contributed by atoms with Crippen molar-refractivity contribution in [2.45, 2.75) is 0 Å². The second-order valence-electron chi connectivity index (χ2n) is 3.11. The van der Waals surface area contributed by atoms with Gasteiger partial charge in [0.05, 0.1) is 10.6 Å². The van der Waals surface area contributed by atoms with Crippen LogP contribution >= 0.6 is 35.0 Å². The van der Waals surface area contributed by atoms with E-state index in [-0.39, 0.29) is 11.1 Å². The van der Waals surface area contributed by atoms with Gasteiger partial charge in [-0.3, -0.25) is 4.79 Å². The van der Waals surface area contributed by atoms with Crippen molar-refractivity contribution >= 4 is 40.9 Å². The third kappa shape index (κ3) is 4.98. The number of carbonyl (C=O) groups is 1. The number of aromatic nitrogens is 1. The predicted molar refractivity (Wildman–Crippen MR) is 74.1 cm³/mol. The maximum Gasteiger partial charge on any atom is 0.252 e. The highest BCUT2D eigenvalue weighted by atomic mass is 35.5. The Labute approximate surface area is 115 Å². The lowest BCUT2D eigenvalue weighted by Gasteiger charge is -2.06. The second kappa shape index (κ2) is 7.58. The van der Waals surface area contributed by atoms with E-state index in [1.165, 1.54) is 12.3 Å². The van der Waals surface area contributed by atoms with Gasteiger partial charge in [-0.05, 0) is 6.07 Å². The molecule has 0 atom stereocenters. The number of nitrogens with zero attached hydrogens (tertiary/aromatic N) is 1. The van der Waals surface area contributed by atoms with Crippen LogP contribution in [-0.4, -0.2) is 28.9 Å². The van der Waals surface area contributed by atoms with Gasteiger partial charge in [-0.2, -0.15) is 11.8 Å². The van der Waals surface area contributed by atoms with E-state index < -0.39 is 0 Å². The Morgan fingerprint density at radius 3 is 3.06 bits per heavy atom. The quantitative estimate of drug-likeness (QED) is 0.497. The first-order chi connectivity index (χ1) is 8.15. The molecule has 6 heteroatoms. The Morgan fingerprint density at radius 1 is 1.59 bits per heavy atom. The van der Waals surface area contributed by atoms with Crippen LogP contribution in [0.4, 0.5) is 0 Å². The van der Waals surface area contributed by atoms with Crippen molar-refractivity contribution in [3.05, 3.63) is 40.7 Å². The average molecular weight is 291 g/mol. The number of amides is 1. The fourth-order valence-corrected chi connectivity index (χ4v) is 2.01. The summed E-state index contributed by atoms with van der Waals surface area (Å²) in [6, 6.07) is 1.45. The number of nitrogens with one attached hydrogen (secondary N) is 1. The molecule has 1 amide bonds. The normalized spacial score (nSPS) is 10.0. The van der Waals surface area contributed by atoms with Crippen LogP contribution < -0.4 is 5.32 Å². The Kier molecular flexibility index (Phi) is 6.40. The van der Waals surface area contributed by atoms with Gasteiger partial charge in [0.25, 0.3) is 5.91 Å². The molecule has 1 aromatic rings. The van der Waals surface area contributed by atoms with Gasteiger partial charge in [0, 0.05) is 24.2 Å². The largest absolute Gasteiger partial charge is 0.351 e. The summed E-state index contributed by atoms with van der Waals surface area (Å²) in [7, 11) is 0. The van der Waals surface area contributed by atoms with Gasteiger partial charge in [-0.15, -0.1) is 6.58 Å². The first kappa shape index (κ1) is 14.4. The topological polar surface area (TPSA) is 42.0 Å². The van der Waals surface area contributed by atoms with E-state index in [1.807, 2.05) is 6.08 Å². The molecular weight excluding hydrogens is 279 g/mol. The SMILES string of the molecule is C=CCSCCNC(=O)c1cc(Cl)ncc1Cl. The minimum atomic E-state index is -0.237. The smallest absolute Gasteiger partial charge is 0.252 e. The van der Waals surface area contributed by atoms with Crippen LogP contribution in [0.1, 0.15) is 10.4 Å². The summed E-state index contributed by atoms with van der Waals surface area (Å²) >= 11 is 13.2. The van der Waals surface area contributed by atoms with Gasteiger partial charge in [0.2, 0.25) is 0 Å². The van der Waals surface area contributed by atoms with E-state index >= 15 is 0 Å². The Hall–Kier alpha value is -0.710. The number of halogens is 2. The molecule has 0 aromatic carbocycles. The zero-order valence-corrected chi connectivity index (χ0v) is 11.4. The van der Waals surface area contributed by atoms with Gasteiger partial charge >= 0.3 is 0 Å². The molecule has 1 heterocycles. The molecule has 1 N–H and O–H groups in total. The summed E-state index contributed by atoms with van der Waals surface area (Å²) in [5.41, 5.74) is 0.348. The summed E-state index contributed by atoms with van der Waals surface area (Å²) in [6.07, 6.45) is 3.19. The molecule has 0 fully saturated rings. The first-order valence-electron chi connectivity index (χ1n) is 4.93. The fraction of sp³-hybridized carbons (Fsp3) is 0.273. The Balaban J connectivity index is 2.46. The van der Waals surface area contributed by atoms with Gasteiger partial charge in [0.15, 0.2) is 0 Å². The molecule has 17 heavy (non-hydrogen) atoms. The highest BCUT2D eigenvalue weighted by Gasteiger charge is 2.10. The lowest BCUT2D eigenvalue weighted by atomic mass is 10.2. The monoisotopic (exact) mass is 290 g/mol. The number of rotatable bonds is 6. The van der Waals surface area contributed by atoms with Gasteiger partial charge in [-0.1, -0.05) is 29.3 Å². The predicted octanol–water partition coefficient (Wildman–Crippen LogP) is 3.04. The van der Waals surface area contributed by atoms with Crippen LogP contribution in [0.3, 0.4) is 0 Å². The van der Waals surface area contributed by atoms with E-state index in [0.29, 0.717) is 17.1 Å². The van der Waals surface area contributed by atoms with Crippen LogP contribution in [0.25, 0.3) is 0 Å². The molecule has 0 aliphatic carbocycles. The van der Waals surface area contributed by atoms with E-state index in [1.54, 1.807) is 11.8 Å². The van der Waals surface area contributed by atoms with Gasteiger partial charge < -0.3 is 5.32 Å². The molecule has 0 saturated heterocycles. The summed E-state index contributed by atoms with van der Waals surface area (Å²) in [4.78, 5) is 15.5. The zero-order chi connectivity index (χ0) is 12.7. The van der Waals surface area contributed by atoms with Crippen LogP contribution in [0.15, 0.2) is 24.9 Å². The van der Waals surface area contributed by atoms with E-state index in [0.717, 1.165) is 11.5 Å². The molecule has 0 aliphatic rings. The molecule has 92 valence electrons. The van der Waals surface area contributed by atoms with Crippen molar-refractivity contribution in [1.82, 2.24) is 10.3 Å². The third-order valence-corrected chi connectivity index (χ3v) is 3.31. The Morgan fingerprint density at radius 2 is 2.35 bits per heavy atom.